The van der Waals surface area contributed by atoms with Crippen LogP contribution in [0.15, 0.2) is 18.2 Å². The molecule has 5 nitrogen and oxygen atoms in total. The Morgan fingerprint density at radius 1 is 1.60 bits per heavy atom. The molecule has 0 bridgehead atoms. The van der Waals surface area contributed by atoms with Gasteiger partial charge in [-0.15, -0.1) is 0 Å². The van der Waals surface area contributed by atoms with Crippen molar-refractivity contribution in [2.24, 2.45) is 5.73 Å². The van der Waals surface area contributed by atoms with Gasteiger partial charge in [-0.1, -0.05) is 0 Å². The second-order valence-corrected chi connectivity index (χ2v) is 3.08. The van der Waals surface area contributed by atoms with Crippen LogP contribution in [0.3, 0.4) is 0 Å². The molecule has 1 aromatic carbocycles. The molecule has 1 rings (SSSR count). The first-order valence-corrected chi connectivity index (χ1v) is 4.35. The lowest BCUT2D eigenvalue weighted by Gasteiger charge is -2.11. The summed E-state index contributed by atoms with van der Waals surface area (Å²) >= 11 is 0. The van der Waals surface area contributed by atoms with Gasteiger partial charge in [0.15, 0.2) is 0 Å². The molecule has 0 aliphatic heterocycles. The molecule has 0 aliphatic rings. The van der Waals surface area contributed by atoms with Gasteiger partial charge in [0.1, 0.15) is 5.82 Å². The van der Waals surface area contributed by atoms with E-state index in [4.69, 9.17) is 10.8 Å². The van der Waals surface area contributed by atoms with Gasteiger partial charge in [-0.2, -0.15) is 0 Å². The zero-order chi connectivity index (χ0) is 11.4. The molecule has 6 heteroatoms. The van der Waals surface area contributed by atoms with Gasteiger partial charge in [0, 0.05) is 24.1 Å². The fourth-order valence-corrected chi connectivity index (χ4v) is 1.32. The van der Waals surface area contributed by atoms with Crippen LogP contribution in [0, 0.1) is 15.9 Å². The average Bonchev–Trinajstić information content (AvgIpc) is 2.19. The van der Waals surface area contributed by atoms with Crippen LogP contribution < -0.4 is 5.73 Å². The molecule has 82 valence electrons. The number of nitro groups is 1. The molecule has 0 aliphatic carbocycles. The number of hydrogen-bond acceptors (Lipinski definition) is 4. The molecule has 15 heavy (non-hydrogen) atoms. The number of nitro benzene ring substituents is 1. The molecule has 0 spiro atoms. The minimum absolute atomic E-state index is 0.0286. The Morgan fingerprint density at radius 3 is 2.73 bits per heavy atom. The summed E-state index contributed by atoms with van der Waals surface area (Å²) in [6, 6.07) is 3.11. The molecule has 0 saturated carbocycles. The SMILES string of the molecule is NCC(CO)c1cc(F)ccc1[N+](=O)[O-]. The maximum absolute atomic E-state index is 12.9. The van der Waals surface area contributed by atoms with E-state index in [0.717, 1.165) is 18.2 Å². The smallest absolute Gasteiger partial charge is 0.273 e. The summed E-state index contributed by atoms with van der Waals surface area (Å²) in [6.07, 6.45) is 0. The number of nitrogens with two attached hydrogens (primary N) is 1. The van der Waals surface area contributed by atoms with Gasteiger partial charge in [-0.3, -0.25) is 10.1 Å². The largest absolute Gasteiger partial charge is 0.396 e. The van der Waals surface area contributed by atoms with Gasteiger partial charge in [0.25, 0.3) is 5.69 Å². The molecular formula is C9H11FN2O3. The van der Waals surface area contributed by atoms with E-state index in [9.17, 15) is 14.5 Å². The Morgan fingerprint density at radius 2 is 2.27 bits per heavy atom. The monoisotopic (exact) mass is 214 g/mol. The highest BCUT2D eigenvalue weighted by Crippen LogP contribution is 2.26. The fourth-order valence-electron chi connectivity index (χ4n) is 1.32. The molecule has 3 N–H and O–H groups in total. The summed E-state index contributed by atoms with van der Waals surface area (Å²) in [4.78, 5) is 10.0. The van der Waals surface area contributed by atoms with Crippen molar-refractivity contribution < 1.29 is 14.4 Å². The zero-order valence-electron chi connectivity index (χ0n) is 7.89. The van der Waals surface area contributed by atoms with Crippen LogP contribution in [0.5, 0.6) is 0 Å². The number of benzene rings is 1. The lowest BCUT2D eigenvalue weighted by molar-refractivity contribution is -0.385. The van der Waals surface area contributed by atoms with E-state index in [0.29, 0.717) is 0 Å². The van der Waals surface area contributed by atoms with Crippen molar-refractivity contribution >= 4 is 5.69 Å². The molecule has 1 aromatic rings. The highest BCUT2D eigenvalue weighted by molar-refractivity contribution is 5.43. The van der Waals surface area contributed by atoms with Crippen LogP contribution >= 0.6 is 0 Å². The van der Waals surface area contributed by atoms with E-state index >= 15 is 0 Å². The van der Waals surface area contributed by atoms with E-state index in [1.54, 1.807) is 0 Å². The lowest BCUT2D eigenvalue weighted by Crippen LogP contribution is -2.17. The zero-order valence-corrected chi connectivity index (χ0v) is 7.89. The van der Waals surface area contributed by atoms with Gasteiger partial charge >= 0.3 is 0 Å². The fraction of sp³-hybridized carbons (Fsp3) is 0.333. The predicted molar refractivity (Wildman–Crippen MR) is 51.9 cm³/mol. The topological polar surface area (TPSA) is 89.4 Å². The third-order valence-electron chi connectivity index (χ3n) is 2.13. The third kappa shape index (κ3) is 2.48. The van der Waals surface area contributed by atoms with Gasteiger partial charge in [-0.05, 0) is 12.1 Å². The van der Waals surface area contributed by atoms with Gasteiger partial charge < -0.3 is 10.8 Å². The number of nitrogens with zero attached hydrogens (tertiary/aromatic N) is 1. The normalized spacial score (nSPS) is 12.5. The van der Waals surface area contributed by atoms with Crippen molar-refractivity contribution in [1.82, 2.24) is 0 Å². The second kappa shape index (κ2) is 4.81. The molecular weight excluding hydrogens is 203 g/mol. The van der Waals surface area contributed by atoms with Crippen LogP contribution in [0.1, 0.15) is 11.5 Å². The lowest BCUT2D eigenvalue weighted by atomic mass is 9.98. The Hall–Kier alpha value is -1.53. The molecule has 0 saturated heterocycles. The van der Waals surface area contributed by atoms with E-state index in [2.05, 4.69) is 0 Å². The van der Waals surface area contributed by atoms with Gasteiger partial charge in [-0.25, -0.2) is 4.39 Å². The van der Waals surface area contributed by atoms with Gasteiger partial charge in [0.2, 0.25) is 0 Å². The average molecular weight is 214 g/mol. The first-order valence-electron chi connectivity index (χ1n) is 4.35. The van der Waals surface area contributed by atoms with Crippen molar-refractivity contribution in [1.29, 1.82) is 0 Å². The van der Waals surface area contributed by atoms with Crippen molar-refractivity contribution in [2.45, 2.75) is 5.92 Å². The Kier molecular flexibility index (Phi) is 3.70. The second-order valence-electron chi connectivity index (χ2n) is 3.08. The van der Waals surface area contributed by atoms with Crippen LogP contribution in [0.25, 0.3) is 0 Å². The minimum atomic E-state index is -0.618. The first kappa shape index (κ1) is 11.5. The maximum Gasteiger partial charge on any atom is 0.273 e. The van der Waals surface area contributed by atoms with Crippen molar-refractivity contribution in [3.8, 4) is 0 Å². The third-order valence-corrected chi connectivity index (χ3v) is 2.13. The number of aliphatic hydroxyl groups excluding tert-OH is 1. The summed E-state index contributed by atoms with van der Waals surface area (Å²) in [6.45, 7) is -0.318. The highest BCUT2D eigenvalue weighted by atomic mass is 19.1. The Balaban J connectivity index is 3.22. The number of halogens is 1. The van der Waals surface area contributed by atoms with Crippen LogP contribution in [-0.2, 0) is 0 Å². The molecule has 0 aromatic heterocycles. The highest BCUT2D eigenvalue weighted by Gasteiger charge is 2.21. The predicted octanol–water partition coefficient (Wildman–Crippen LogP) is 0.768. The summed E-state index contributed by atoms with van der Waals surface area (Å²) in [7, 11) is 0. The van der Waals surface area contributed by atoms with Crippen LogP contribution in [0.4, 0.5) is 10.1 Å². The number of rotatable bonds is 4. The summed E-state index contributed by atoms with van der Waals surface area (Å²) in [5.74, 6) is -1.19. The minimum Gasteiger partial charge on any atom is -0.396 e. The van der Waals surface area contributed by atoms with E-state index in [-0.39, 0.29) is 24.4 Å². The molecule has 0 radical (unpaired) electrons. The van der Waals surface area contributed by atoms with Crippen molar-refractivity contribution in [2.75, 3.05) is 13.2 Å². The van der Waals surface area contributed by atoms with Crippen LogP contribution in [-0.4, -0.2) is 23.2 Å². The summed E-state index contributed by atoms with van der Waals surface area (Å²) in [5, 5.41) is 19.6. The van der Waals surface area contributed by atoms with E-state index < -0.39 is 16.7 Å². The summed E-state index contributed by atoms with van der Waals surface area (Å²) < 4.78 is 12.9. The molecule has 1 unspecified atom stereocenters. The Labute approximate surface area is 85.5 Å². The quantitative estimate of drug-likeness (QED) is 0.572. The maximum atomic E-state index is 12.9. The number of aliphatic hydroxyl groups is 1. The van der Waals surface area contributed by atoms with Gasteiger partial charge in [0.05, 0.1) is 11.5 Å². The molecule has 0 heterocycles. The molecule has 0 fully saturated rings. The van der Waals surface area contributed by atoms with E-state index in [1.165, 1.54) is 0 Å². The standard InChI is InChI=1S/C9H11FN2O3/c10-7-1-2-9(12(14)15)8(3-7)6(4-11)5-13/h1-3,6,13H,4-5,11H2. The van der Waals surface area contributed by atoms with Crippen LogP contribution in [0.2, 0.25) is 0 Å². The first-order chi connectivity index (χ1) is 7.10. The molecule has 0 amide bonds. The van der Waals surface area contributed by atoms with Crippen molar-refractivity contribution in [3.63, 3.8) is 0 Å². The van der Waals surface area contributed by atoms with Crippen molar-refractivity contribution in [3.05, 3.63) is 39.7 Å². The number of hydrogen-bond donors (Lipinski definition) is 2. The van der Waals surface area contributed by atoms with E-state index in [1.807, 2.05) is 0 Å². The summed E-state index contributed by atoms with van der Waals surface area (Å²) in [5.41, 5.74) is 5.24. The Bertz CT molecular complexity index is 366. The molecule has 1 atom stereocenters.